The van der Waals surface area contributed by atoms with E-state index in [0.717, 1.165) is 56.8 Å². The van der Waals surface area contributed by atoms with Gasteiger partial charge in [-0.3, -0.25) is 13.8 Å². The summed E-state index contributed by atoms with van der Waals surface area (Å²) in [6.07, 6.45) is 2.90. The van der Waals surface area contributed by atoms with Crippen molar-refractivity contribution in [3.8, 4) is 11.4 Å². The molecule has 0 spiro atoms. The number of imidazole rings is 1. The lowest BCUT2D eigenvalue weighted by Gasteiger charge is -2.09. The maximum absolute atomic E-state index is 12.2. The Kier molecular flexibility index (Phi) is 4.50. The van der Waals surface area contributed by atoms with E-state index in [1.54, 1.807) is 6.92 Å². The average molecular weight is 412 g/mol. The Hall–Kier alpha value is -3.67. The normalized spacial score (nSPS) is 11.6. The summed E-state index contributed by atoms with van der Waals surface area (Å²) in [7, 11) is 0. The lowest BCUT2D eigenvalue weighted by Crippen LogP contribution is -2.06. The zero-order chi connectivity index (χ0) is 21.7. The van der Waals surface area contributed by atoms with Crippen molar-refractivity contribution < 1.29 is 9.53 Å². The van der Waals surface area contributed by atoms with Crippen LogP contribution in [-0.4, -0.2) is 24.9 Å². The van der Waals surface area contributed by atoms with Crippen LogP contribution in [0.3, 0.4) is 0 Å². The third kappa shape index (κ3) is 3.06. The van der Waals surface area contributed by atoms with Gasteiger partial charge in [-0.05, 0) is 49.2 Å². The standard InChI is InChI=1S/C25H24N4O2/c1-5-21-27-24-23(25-26-18-9-7-8-10-19(18)29(21)25)20(31-22(30)6-2)14-28(24)17-12-15(3)11-16(4)13-17/h7-14H,5-6H2,1-4H3. The fourth-order valence-corrected chi connectivity index (χ4v) is 4.22. The van der Waals surface area contributed by atoms with Gasteiger partial charge in [-0.1, -0.05) is 32.0 Å². The molecule has 6 nitrogen and oxygen atoms in total. The summed E-state index contributed by atoms with van der Waals surface area (Å²) in [5, 5.41) is 0.745. The molecule has 0 N–H and O–H groups in total. The van der Waals surface area contributed by atoms with Gasteiger partial charge in [0.15, 0.2) is 17.0 Å². The molecule has 0 saturated heterocycles. The molecule has 5 aromatic rings. The van der Waals surface area contributed by atoms with Gasteiger partial charge in [0, 0.05) is 18.5 Å². The van der Waals surface area contributed by atoms with E-state index in [0.29, 0.717) is 12.2 Å². The molecule has 156 valence electrons. The van der Waals surface area contributed by atoms with Gasteiger partial charge in [-0.2, -0.15) is 0 Å². The zero-order valence-corrected chi connectivity index (χ0v) is 18.1. The van der Waals surface area contributed by atoms with Crippen LogP contribution in [0.15, 0.2) is 48.7 Å². The van der Waals surface area contributed by atoms with Gasteiger partial charge >= 0.3 is 5.97 Å². The molecule has 0 atom stereocenters. The SMILES string of the molecule is CCC(=O)Oc1cn(-c2cc(C)cc(C)c2)c2nc(CC)n3c4ccccc4nc3c12. The minimum atomic E-state index is -0.284. The number of carbonyl (C=O) groups is 1. The predicted molar refractivity (Wildman–Crippen MR) is 122 cm³/mol. The van der Waals surface area contributed by atoms with E-state index >= 15 is 0 Å². The highest BCUT2D eigenvalue weighted by Crippen LogP contribution is 2.35. The molecule has 0 aliphatic rings. The third-order valence-corrected chi connectivity index (χ3v) is 5.54. The molecule has 0 aliphatic carbocycles. The number of benzene rings is 2. The first-order valence-corrected chi connectivity index (χ1v) is 10.6. The van der Waals surface area contributed by atoms with E-state index in [2.05, 4.69) is 43.4 Å². The Balaban J connectivity index is 1.93. The van der Waals surface area contributed by atoms with Crippen LogP contribution in [0.4, 0.5) is 0 Å². The molecular formula is C25H24N4O2. The van der Waals surface area contributed by atoms with Crippen molar-refractivity contribution in [2.75, 3.05) is 0 Å². The predicted octanol–water partition coefficient (Wildman–Crippen LogP) is 5.32. The number of ether oxygens (including phenoxy) is 1. The number of nitrogens with zero attached hydrogens (tertiary/aromatic N) is 4. The Morgan fingerprint density at radius 1 is 1.00 bits per heavy atom. The van der Waals surface area contributed by atoms with Crippen molar-refractivity contribution in [1.82, 2.24) is 18.9 Å². The fraction of sp³-hybridized carbons (Fsp3) is 0.240. The zero-order valence-electron chi connectivity index (χ0n) is 18.1. The Morgan fingerprint density at radius 2 is 1.74 bits per heavy atom. The third-order valence-electron chi connectivity index (χ3n) is 5.54. The molecule has 2 aromatic carbocycles. The van der Waals surface area contributed by atoms with Crippen LogP contribution >= 0.6 is 0 Å². The van der Waals surface area contributed by atoms with Crippen LogP contribution in [0.2, 0.25) is 0 Å². The van der Waals surface area contributed by atoms with E-state index in [9.17, 15) is 4.79 Å². The summed E-state index contributed by atoms with van der Waals surface area (Å²) in [6, 6.07) is 14.4. The van der Waals surface area contributed by atoms with Crippen molar-refractivity contribution in [3.05, 3.63) is 65.6 Å². The molecule has 0 fully saturated rings. The second-order valence-electron chi connectivity index (χ2n) is 7.88. The van der Waals surface area contributed by atoms with Gasteiger partial charge in [-0.15, -0.1) is 0 Å². The van der Waals surface area contributed by atoms with E-state index in [1.165, 1.54) is 0 Å². The molecule has 0 saturated carbocycles. The quantitative estimate of drug-likeness (QED) is 0.375. The molecule has 0 radical (unpaired) electrons. The topological polar surface area (TPSA) is 61.4 Å². The lowest BCUT2D eigenvalue weighted by atomic mass is 10.1. The van der Waals surface area contributed by atoms with Gasteiger partial charge in [0.05, 0.1) is 17.2 Å². The van der Waals surface area contributed by atoms with Gasteiger partial charge < -0.3 is 4.74 Å². The molecule has 5 rings (SSSR count). The average Bonchev–Trinajstić information content (AvgIpc) is 3.31. The summed E-state index contributed by atoms with van der Waals surface area (Å²) in [5.74, 6) is 1.11. The first-order valence-electron chi connectivity index (χ1n) is 10.6. The molecule has 0 amide bonds. The monoisotopic (exact) mass is 412 g/mol. The molecule has 31 heavy (non-hydrogen) atoms. The largest absolute Gasteiger partial charge is 0.424 e. The first kappa shape index (κ1) is 19.3. The maximum atomic E-state index is 12.2. The van der Waals surface area contributed by atoms with Crippen molar-refractivity contribution in [2.45, 2.75) is 40.5 Å². The van der Waals surface area contributed by atoms with Crippen molar-refractivity contribution in [2.24, 2.45) is 0 Å². The number of para-hydroxylation sites is 2. The van der Waals surface area contributed by atoms with Gasteiger partial charge in [0.1, 0.15) is 11.2 Å². The Labute approximate surface area is 180 Å². The molecule has 6 heteroatoms. The van der Waals surface area contributed by atoms with Crippen molar-refractivity contribution in [3.63, 3.8) is 0 Å². The molecule has 0 bridgehead atoms. The summed E-state index contributed by atoms with van der Waals surface area (Å²) >= 11 is 0. The van der Waals surface area contributed by atoms with E-state index in [1.807, 2.05) is 35.0 Å². The van der Waals surface area contributed by atoms with Crippen LogP contribution < -0.4 is 4.74 Å². The number of rotatable bonds is 4. The van der Waals surface area contributed by atoms with E-state index in [4.69, 9.17) is 14.7 Å². The highest BCUT2D eigenvalue weighted by Gasteiger charge is 2.22. The molecule has 3 aromatic heterocycles. The van der Waals surface area contributed by atoms with Gasteiger partial charge in [0.25, 0.3) is 0 Å². The second kappa shape index (κ2) is 7.23. The minimum absolute atomic E-state index is 0.284. The smallest absolute Gasteiger partial charge is 0.310 e. The minimum Gasteiger partial charge on any atom is -0.424 e. The second-order valence-corrected chi connectivity index (χ2v) is 7.88. The summed E-state index contributed by atoms with van der Waals surface area (Å²) in [4.78, 5) is 22.2. The number of hydrogen-bond donors (Lipinski definition) is 0. The van der Waals surface area contributed by atoms with Crippen LogP contribution in [-0.2, 0) is 11.2 Å². The van der Waals surface area contributed by atoms with E-state index < -0.39 is 0 Å². The van der Waals surface area contributed by atoms with Crippen LogP contribution in [0.5, 0.6) is 5.75 Å². The Morgan fingerprint density at radius 3 is 2.45 bits per heavy atom. The van der Waals surface area contributed by atoms with Gasteiger partial charge in [0.2, 0.25) is 0 Å². The number of hydrogen-bond acceptors (Lipinski definition) is 4. The Bertz CT molecular complexity index is 1460. The molecule has 3 heterocycles. The summed E-state index contributed by atoms with van der Waals surface area (Å²) < 4.78 is 9.85. The summed E-state index contributed by atoms with van der Waals surface area (Å²) in [5.41, 5.74) is 6.68. The van der Waals surface area contributed by atoms with E-state index in [-0.39, 0.29) is 5.97 Å². The highest BCUT2D eigenvalue weighted by molar-refractivity contribution is 6.01. The number of carbonyl (C=O) groups excluding carboxylic acids is 1. The maximum Gasteiger partial charge on any atom is 0.310 e. The number of aromatic nitrogens is 4. The highest BCUT2D eigenvalue weighted by atomic mass is 16.5. The van der Waals surface area contributed by atoms with Crippen LogP contribution in [0, 0.1) is 13.8 Å². The van der Waals surface area contributed by atoms with Crippen molar-refractivity contribution in [1.29, 1.82) is 0 Å². The fourth-order valence-electron chi connectivity index (χ4n) is 4.22. The molecule has 0 aliphatic heterocycles. The first-order chi connectivity index (χ1) is 15.0. The van der Waals surface area contributed by atoms with Crippen LogP contribution in [0.25, 0.3) is 33.4 Å². The molecule has 0 unspecified atom stereocenters. The summed E-state index contributed by atoms with van der Waals surface area (Å²) in [6.45, 7) is 8.03. The lowest BCUT2D eigenvalue weighted by molar-refractivity contribution is -0.133. The van der Waals surface area contributed by atoms with Crippen molar-refractivity contribution >= 4 is 33.7 Å². The van der Waals surface area contributed by atoms with Crippen LogP contribution in [0.1, 0.15) is 37.2 Å². The molecular weight excluding hydrogens is 388 g/mol. The van der Waals surface area contributed by atoms with Gasteiger partial charge in [-0.25, -0.2) is 9.97 Å². The number of fused-ring (bicyclic) bond motifs is 5. The number of esters is 1. The number of aryl methyl sites for hydroxylation is 3.